The zero-order chi connectivity index (χ0) is 9.40. The summed E-state index contributed by atoms with van der Waals surface area (Å²) >= 11 is 2.09. The lowest BCUT2D eigenvalue weighted by Crippen LogP contribution is -2.28. The van der Waals surface area contributed by atoms with Crippen LogP contribution in [0.2, 0.25) is 0 Å². The summed E-state index contributed by atoms with van der Waals surface area (Å²) in [5.41, 5.74) is 0. The van der Waals surface area contributed by atoms with Crippen LogP contribution < -0.4 is 5.32 Å². The fourth-order valence-corrected chi connectivity index (χ4v) is 2.38. The fraction of sp³-hybridized carbons (Fsp3) is 1.00. The van der Waals surface area contributed by atoms with Crippen molar-refractivity contribution < 1.29 is 0 Å². The van der Waals surface area contributed by atoms with Gasteiger partial charge in [-0.15, -0.1) is 0 Å². The van der Waals surface area contributed by atoms with Gasteiger partial charge in [0.2, 0.25) is 0 Å². The van der Waals surface area contributed by atoms with E-state index in [4.69, 9.17) is 0 Å². The average molecular weight is 189 g/mol. The van der Waals surface area contributed by atoms with Gasteiger partial charge in [-0.2, -0.15) is 11.8 Å². The largest absolute Gasteiger partial charge is 0.314 e. The maximum atomic E-state index is 3.44. The summed E-state index contributed by atoms with van der Waals surface area (Å²) in [4.78, 5) is 0. The number of hydrogen-bond acceptors (Lipinski definition) is 2. The molecule has 0 aromatic carbocycles. The van der Waals surface area contributed by atoms with E-state index in [1.807, 2.05) is 0 Å². The maximum Gasteiger partial charge on any atom is 0.00490 e. The van der Waals surface area contributed by atoms with Gasteiger partial charge in [0.25, 0.3) is 0 Å². The van der Waals surface area contributed by atoms with Gasteiger partial charge in [0, 0.05) is 11.3 Å². The van der Waals surface area contributed by atoms with Gasteiger partial charge in [-0.05, 0) is 32.1 Å². The van der Waals surface area contributed by atoms with Crippen LogP contribution in [0.25, 0.3) is 0 Å². The molecule has 0 aromatic heterocycles. The van der Waals surface area contributed by atoms with Gasteiger partial charge in [0.15, 0.2) is 0 Å². The molecule has 74 valence electrons. The van der Waals surface area contributed by atoms with E-state index in [1.165, 1.54) is 18.6 Å². The van der Waals surface area contributed by atoms with Crippen molar-refractivity contribution >= 4 is 11.8 Å². The third-order valence-corrected chi connectivity index (χ3v) is 3.25. The molecule has 1 N–H and O–H groups in total. The lowest BCUT2D eigenvalue weighted by Gasteiger charge is -2.17. The van der Waals surface area contributed by atoms with E-state index in [-0.39, 0.29) is 0 Å². The van der Waals surface area contributed by atoms with Crippen LogP contribution in [0.1, 0.15) is 40.5 Å². The van der Waals surface area contributed by atoms with E-state index < -0.39 is 0 Å². The van der Waals surface area contributed by atoms with Crippen LogP contribution in [0, 0.1) is 0 Å². The Bertz CT molecular complexity index is 95.8. The summed E-state index contributed by atoms with van der Waals surface area (Å²) in [6.07, 6.45) is 2.59. The standard InChI is InChI=1S/C10H23NS/c1-5-7-12-10(4)8-9(3)11-6-2/h9-11H,5-8H2,1-4H3. The van der Waals surface area contributed by atoms with Crippen LogP contribution in [-0.4, -0.2) is 23.6 Å². The molecule has 1 nitrogen and oxygen atoms in total. The van der Waals surface area contributed by atoms with Gasteiger partial charge in [0.1, 0.15) is 0 Å². The highest BCUT2D eigenvalue weighted by molar-refractivity contribution is 7.99. The third-order valence-electron chi connectivity index (χ3n) is 1.84. The Kier molecular flexibility index (Phi) is 8.14. The van der Waals surface area contributed by atoms with Crippen molar-refractivity contribution in [1.29, 1.82) is 0 Å². The number of rotatable bonds is 7. The summed E-state index contributed by atoms with van der Waals surface area (Å²) in [7, 11) is 0. The first-order chi connectivity index (χ1) is 5.70. The Balaban J connectivity index is 3.33. The Hall–Kier alpha value is 0.310. The predicted molar refractivity (Wildman–Crippen MR) is 60.0 cm³/mol. The third kappa shape index (κ3) is 6.99. The van der Waals surface area contributed by atoms with Gasteiger partial charge in [-0.25, -0.2) is 0 Å². The van der Waals surface area contributed by atoms with Gasteiger partial charge >= 0.3 is 0 Å². The van der Waals surface area contributed by atoms with Gasteiger partial charge in [-0.1, -0.05) is 20.8 Å². The van der Waals surface area contributed by atoms with Crippen LogP contribution >= 0.6 is 11.8 Å². The van der Waals surface area contributed by atoms with Crippen molar-refractivity contribution in [2.75, 3.05) is 12.3 Å². The molecule has 0 aromatic rings. The second-order valence-electron chi connectivity index (χ2n) is 3.38. The Morgan fingerprint density at radius 2 is 1.92 bits per heavy atom. The van der Waals surface area contributed by atoms with E-state index >= 15 is 0 Å². The average Bonchev–Trinajstić information content (AvgIpc) is 2.01. The molecule has 2 unspecified atom stereocenters. The quantitative estimate of drug-likeness (QED) is 0.661. The lowest BCUT2D eigenvalue weighted by molar-refractivity contribution is 0.530. The molecule has 0 aliphatic carbocycles. The van der Waals surface area contributed by atoms with Crippen LogP contribution in [0.15, 0.2) is 0 Å². The van der Waals surface area contributed by atoms with Crippen LogP contribution in [0.5, 0.6) is 0 Å². The number of nitrogens with one attached hydrogen (secondary N) is 1. The fourth-order valence-electron chi connectivity index (χ4n) is 1.32. The first-order valence-corrected chi connectivity index (χ1v) is 6.10. The van der Waals surface area contributed by atoms with Crippen LogP contribution in [-0.2, 0) is 0 Å². The van der Waals surface area contributed by atoms with Crippen molar-refractivity contribution in [1.82, 2.24) is 5.32 Å². The zero-order valence-electron chi connectivity index (χ0n) is 8.89. The summed E-state index contributed by atoms with van der Waals surface area (Å²) < 4.78 is 0. The summed E-state index contributed by atoms with van der Waals surface area (Å²) in [6.45, 7) is 10.1. The summed E-state index contributed by atoms with van der Waals surface area (Å²) in [5.74, 6) is 1.31. The van der Waals surface area contributed by atoms with E-state index in [0.29, 0.717) is 6.04 Å². The molecule has 0 fully saturated rings. The monoisotopic (exact) mass is 189 g/mol. The zero-order valence-corrected chi connectivity index (χ0v) is 9.71. The van der Waals surface area contributed by atoms with E-state index in [0.717, 1.165) is 11.8 Å². The molecular formula is C10H23NS. The van der Waals surface area contributed by atoms with E-state index in [1.54, 1.807) is 0 Å². The molecule has 0 amide bonds. The SMILES string of the molecule is CCCSC(C)CC(C)NCC. The first-order valence-electron chi connectivity index (χ1n) is 5.05. The molecule has 0 saturated heterocycles. The lowest BCUT2D eigenvalue weighted by atomic mass is 10.2. The molecule has 0 aliphatic rings. The molecule has 0 heterocycles. The molecule has 0 aliphatic heterocycles. The molecule has 0 rings (SSSR count). The van der Waals surface area contributed by atoms with E-state index in [9.17, 15) is 0 Å². The second kappa shape index (κ2) is 7.93. The minimum Gasteiger partial charge on any atom is -0.314 e. The second-order valence-corrected chi connectivity index (χ2v) is 4.92. The molecule has 0 bridgehead atoms. The van der Waals surface area contributed by atoms with Crippen molar-refractivity contribution in [3.05, 3.63) is 0 Å². The Labute approximate surface area is 81.7 Å². The predicted octanol–water partition coefficient (Wildman–Crippen LogP) is 2.91. The topological polar surface area (TPSA) is 12.0 Å². The number of thioether (sulfide) groups is 1. The molecule has 2 heteroatoms. The summed E-state index contributed by atoms with van der Waals surface area (Å²) in [6, 6.07) is 0.675. The normalized spacial score (nSPS) is 16.0. The molecular weight excluding hydrogens is 166 g/mol. The van der Waals surface area contributed by atoms with Crippen molar-refractivity contribution in [3.63, 3.8) is 0 Å². The minimum atomic E-state index is 0.675. The van der Waals surface area contributed by atoms with Crippen molar-refractivity contribution in [2.45, 2.75) is 51.8 Å². The van der Waals surface area contributed by atoms with Crippen molar-refractivity contribution in [2.24, 2.45) is 0 Å². The highest BCUT2D eigenvalue weighted by Gasteiger charge is 2.06. The minimum absolute atomic E-state index is 0.675. The molecule has 0 saturated carbocycles. The molecule has 0 radical (unpaired) electrons. The Morgan fingerprint density at radius 3 is 2.42 bits per heavy atom. The maximum absolute atomic E-state index is 3.44. The highest BCUT2D eigenvalue weighted by atomic mass is 32.2. The van der Waals surface area contributed by atoms with Crippen molar-refractivity contribution in [3.8, 4) is 0 Å². The first kappa shape index (κ1) is 12.3. The molecule has 0 spiro atoms. The molecule has 2 atom stereocenters. The number of hydrogen-bond donors (Lipinski definition) is 1. The highest BCUT2D eigenvalue weighted by Crippen LogP contribution is 2.16. The van der Waals surface area contributed by atoms with Crippen LogP contribution in [0.3, 0.4) is 0 Å². The van der Waals surface area contributed by atoms with Crippen LogP contribution in [0.4, 0.5) is 0 Å². The van der Waals surface area contributed by atoms with Gasteiger partial charge in [-0.3, -0.25) is 0 Å². The van der Waals surface area contributed by atoms with E-state index in [2.05, 4.69) is 44.8 Å². The smallest absolute Gasteiger partial charge is 0.00490 e. The van der Waals surface area contributed by atoms with Gasteiger partial charge < -0.3 is 5.32 Å². The van der Waals surface area contributed by atoms with Gasteiger partial charge in [0.05, 0.1) is 0 Å². The Morgan fingerprint density at radius 1 is 1.25 bits per heavy atom. The summed E-state index contributed by atoms with van der Waals surface area (Å²) in [5, 5.41) is 4.24. The molecule has 12 heavy (non-hydrogen) atoms.